The van der Waals surface area contributed by atoms with Crippen molar-refractivity contribution in [2.75, 3.05) is 5.73 Å². The van der Waals surface area contributed by atoms with Crippen LogP contribution in [0, 0.1) is 12.7 Å². The minimum Gasteiger partial charge on any atom is -0.399 e. The van der Waals surface area contributed by atoms with E-state index < -0.39 is 5.82 Å². The Labute approximate surface area is 125 Å². The van der Waals surface area contributed by atoms with E-state index in [-0.39, 0.29) is 11.4 Å². The summed E-state index contributed by atoms with van der Waals surface area (Å²) in [5.74, 6) is -0.214. The molecule has 0 radical (unpaired) electrons. The standard InChI is InChI=1S/C14H11ClFN5/c1-8-2-5-13(11(15)6-8)21-14(18-19-20-21)10-7-9(17)3-4-12(10)16/h2-7H,17H2,1H3. The SMILES string of the molecule is Cc1ccc(-n2nnnc2-c2cc(N)ccc2F)c(Cl)c1. The van der Waals surface area contributed by atoms with Crippen LogP contribution in [0.15, 0.2) is 36.4 Å². The molecule has 1 heterocycles. The van der Waals surface area contributed by atoms with Gasteiger partial charge in [-0.05, 0) is 53.2 Å². The van der Waals surface area contributed by atoms with E-state index in [0.29, 0.717) is 16.4 Å². The average Bonchev–Trinajstić information content (AvgIpc) is 2.90. The van der Waals surface area contributed by atoms with E-state index in [1.54, 1.807) is 12.1 Å². The van der Waals surface area contributed by atoms with Gasteiger partial charge in [-0.2, -0.15) is 4.68 Å². The number of halogens is 2. The summed E-state index contributed by atoms with van der Waals surface area (Å²) in [5, 5.41) is 11.8. The summed E-state index contributed by atoms with van der Waals surface area (Å²) in [6, 6.07) is 9.69. The van der Waals surface area contributed by atoms with E-state index in [0.717, 1.165) is 5.56 Å². The summed E-state index contributed by atoms with van der Waals surface area (Å²) in [4.78, 5) is 0. The van der Waals surface area contributed by atoms with Crippen molar-refractivity contribution in [3.05, 3.63) is 52.8 Å². The predicted octanol–water partition coefficient (Wildman–Crippen LogP) is 3.01. The maximum atomic E-state index is 14.0. The first-order chi connectivity index (χ1) is 10.1. The quantitative estimate of drug-likeness (QED) is 0.739. The molecule has 21 heavy (non-hydrogen) atoms. The molecule has 1 aromatic heterocycles. The van der Waals surface area contributed by atoms with Gasteiger partial charge in [0.15, 0.2) is 5.82 Å². The number of anilines is 1. The van der Waals surface area contributed by atoms with Crippen molar-refractivity contribution < 1.29 is 4.39 Å². The first-order valence-electron chi connectivity index (χ1n) is 6.16. The van der Waals surface area contributed by atoms with Crippen LogP contribution < -0.4 is 5.73 Å². The number of nitrogen functional groups attached to an aromatic ring is 1. The maximum Gasteiger partial charge on any atom is 0.190 e. The van der Waals surface area contributed by atoms with Gasteiger partial charge in [0.2, 0.25) is 0 Å². The first-order valence-corrected chi connectivity index (χ1v) is 6.54. The molecule has 0 spiro atoms. The Morgan fingerprint density at radius 2 is 2.00 bits per heavy atom. The highest BCUT2D eigenvalue weighted by Crippen LogP contribution is 2.28. The van der Waals surface area contributed by atoms with E-state index in [1.165, 1.54) is 22.9 Å². The van der Waals surface area contributed by atoms with Crippen molar-refractivity contribution in [3.63, 3.8) is 0 Å². The molecule has 0 aliphatic rings. The number of aromatic nitrogens is 4. The van der Waals surface area contributed by atoms with Gasteiger partial charge in [-0.1, -0.05) is 17.7 Å². The third-order valence-corrected chi connectivity index (χ3v) is 3.33. The number of aryl methyl sites for hydroxylation is 1. The van der Waals surface area contributed by atoms with Gasteiger partial charge in [-0.3, -0.25) is 0 Å². The molecular formula is C14H11ClFN5. The molecule has 2 aromatic carbocycles. The number of nitrogens with zero attached hydrogens (tertiary/aromatic N) is 4. The molecule has 0 saturated heterocycles. The van der Waals surface area contributed by atoms with Gasteiger partial charge in [0, 0.05) is 5.69 Å². The lowest BCUT2D eigenvalue weighted by Gasteiger charge is -2.08. The molecule has 3 aromatic rings. The van der Waals surface area contributed by atoms with E-state index in [1.807, 2.05) is 13.0 Å². The molecule has 5 nitrogen and oxygen atoms in total. The molecule has 0 unspecified atom stereocenters. The van der Waals surface area contributed by atoms with Crippen molar-refractivity contribution in [2.24, 2.45) is 0 Å². The van der Waals surface area contributed by atoms with Crippen LogP contribution in [0.4, 0.5) is 10.1 Å². The Hall–Kier alpha value is -2.47. The normalized spacial score (nSPS) is 10.8. The summed E-state index contributed by atoms with van der Waals surface area (Å²) in [7, 11) is 0. The fourth-order valence-electron chi connectivity index (χ4n) is 2.02. The van der Waals surface area contributed by atoms with Gasteiger partial charge in [-0.25, -0.2) is 4.39 Å². The van der Waals surface area contributed by atoms with Crippen molar-refractivity contribution >= 4 is 17.3 Å². The van der Waals surface area contributed by atoms with Crippen molar-refractivity contribution in [1.29, 1.82) is 0 Å². The smallest absolute Gasteiger partial charge is 0.190 e. The van der Waals surface area contributed by atoms with Crippen LogP contribution in [0.3, 0.4) is 0 Å². The van der Waals surface area contributed by atoms with E-state index in [2.05, 4.69) is 15.5 Å². The van der Waals surface area contributed by atoms with Gasteiger partial charge in [0.05, 0.1) is 16.3 Å². The van der Waals surface area contributed by atoms with Crippen LogP contribution in [-0.2, 0) is 0 Å². The molecule has 0 saturated carbocycles. The van der Waals surface area contributed by atoms with Crippen LogP contribution in [0.25, 0.3) is 17.1 Å². The highest BCUT2D eigenvalue weighted by atomic mass is 35.5. The summed E-state index contributed by atoms with van der Waals surface area (Å²) >= 11 is 6.22. The highest BCUT2D eigenvalue weighted by Gasteiger charge is 2.16. The summed E-state index contributed by atoms with van der Waals surface area (Å²) in [6.07, 6.45) is 0. The van der Waals surface area contributed by atoms with Crippen molar-refractivity contribution in [3.8, 4) is 17.1 Å². The van der Waals surface area contributed by atoms with E-state index in [9.17, 15) is 4.39 Å². The summed E-state index contributed by atoms with van der Waals surface area (Å²) in [6.45, 7) is 1.92. The van der Waals surface area contributed by atoms with Crippen LogP contribution in [-0.4, -0.2) is 20.2 Å². The largest absolute Gasteiger partial charge is 0.399 e. The molecule has 7 heteroatoms. The maximum absolute atomic E-state index is 14.0. The van der Waals surface area contributed by atoms with Gasteiger partial charge < -0.3 is 5.73 Å². The van der Waals surface area contributed by atoms with Crippen molar-refractivity contribution in [2.45, 2.75) is 6.92 Å². The number of tetrazole rings is 1. The molecule has 0 amide bonds. The van der Waals surface area contributed by atoms with E-state index >= 15 is 0 Å². The highest BCUT2D eigenvalue weighted by molar-refractivity contribution is 6.32. The number of nitrogens with two attached hydrogens (primary N) is 1. The molecule has 0 bridgehead atoms. The van der Waals surface area contributed by atoms with Gasteiger partial charge in [-0.15, -0.1) is 5.10 Å². The Bertz CT molecular complexity index is 815. The molecule has 3 rings (SSSR count). The molecule has 0 aliphatic heterocycles. The molecule has 0 aliphatic carbocycles. The zero-order valence-electron chi connectivity index (χ0n) is 11.1. The van der Waals surface area contributed by atoms with Crippen LogP contribution >= 0.6 is 11.6 Å². The number of hydrogen-bond acceptors (Lipinski definition) is 4. The average molecular weight is 304 g/mol. The molecule has 0 fully saturated rings. The topological polar surface area (TPSA) is 69.6 Å². The zero-order valence-corrected chi connectivity index (χ0v) is 11.8. The van der Waals surface area contributed by atoms with Crippen LogP contribution in [0.1, 0.15) is 5.56 Å². The fraction of sp³-hybridized carbons (Fsp3) is 0.0714. The summed E-state index contributed by atoms with van der Waals surface area (Å²) < 4.78 is 15.4. The molecule has 0 atom stereocenters. The molecular weight excluding hydrogens is 293 g/mol. The second-order valence-corrected chi connectivity index (χ2v) is 5.02. The molecule has 106 valence electrons. The van der Waals surface area contributed by atoms with Gasteiger partial charge in [0.1, 0.15) is 5.82 Å². The lowest BCUT2D eigenvalue weighted by atomic mass is 10.1. The fourth-order valence-corrected chi connectivity index (χ4v) is 2.33. The lowest BCUT2D eigenvalue weighted by Crippen LogP contribution is -2.02. The zero-order chi connectivity index (χ0) is 15.0. The Balaban J connectivity index is 2.19. The second kappa shape index (κ2) is 5.14. The number of rotatable bonds is 2. The second-order valence-electron chi connectivity index (χ2n) is 4.61. The Morgan fingerprint density at radius 3 is 2.76 bits per heavy atom. The minimum atomic E-state index is -0.455. The van der Waals surface area contributed by atoms with E-state index in [4.69, 9.17) is 17.3 Å². The first kappa shape index (κ1) is 13.5. The van der Waals surface area contributed by atoms with Crippen molar-refractivity contribution in [1.82, 2.24) is 20.2 Å². The van der Waals surface area contributed by atoms with Crippen LogP contribution in [0.5, 0.6) is 0 Å². The molecule has 2 N–H and O–H groups in total. The van der Waals surface area contributed by atoms with Gasteiger partial charge >= 0.3 is 0 Å². The van der Waals surface area contributed by atoms with Gasteiger partial charge in [0.25, 0.3) is 0 Å². The third kappa shape index (κ3) is 2.45. The van der Waals surface area contributed by atoms with Crippen LogP contribution in [0.2, 0.25) is 5.02 Å². The Kier molecular flexibility index (Phi) is 3.31. The number of hydrogen-bond donors (Lipinski definition) is 1. The Morgan fingerprint density at radius 1 is 1.19 bits per heavy atom. The summed E-state index contributed by atoms with van der Waals surface area (Å²) in [5.41, 5.74) is 7.93. The minimum absolute atomic E-state index is 0.219. The lowest BCUT2D eigenvalue weighted by molar-refractivity contribution is 0.629. The monoisotopic (exact) mass is 303 g/mol. The predicted molar refractivity (Wildman–Crippen MR) is 78.7 cm³/mol. The third-order valence-electron chi connectivity index (χ3n) is 3.03. The number of benzene rings is 2.